The fraction of sp³-hybridized carbons (Fsp3) is 0.647. The highest BCUT2D eigenvalue weighted by Gasteiger charge is 2.13. The molecule has 0 atom stereocenters. The van der Waals surface area contributed by atoms with Crippen molar-refractivity contribution >= 4 is 0 Å². The Hall–Kier alpha value is -1.22. The van der Waals surface area contributed by atoms with Gasteiger partial charge in [0.2, 0.25) is 0 Å². The molecule has 3 rings (SSSR count). The minimum atomic E-state index is 0.668. The molecule has 2 heterocycles. The Bertz CT molecular complexity index is 400. The average Bonchev–Trinajstić information content (AvgIpc) is 3.02. The normalized spacial score (nSPS) is 17.5. The summed E-state index contributed by atoms with van der Waals surface area (Å²) < 4.78 is 11.1. The third-order valence-corrected chi connectivity index (χ3v) is 3.75. The molecule has 1 saturated heterocycles. The summed E-state index contributed by atoms with van der Waals surface area (Å²) in [5.74, 6) is 1.81. The van der Waals surface area contributed by atoms with E-state index in [0.29, 0.717) is 13.2 Å². The molecular formula is C17H27NO2. The van der Waals surface area contributed by atoms with Gasteiger partial charge in [-0.3, -0.25) is 0 Å². The first-order valence-electron chi connectivity index (χ1n) is 8.03. The van der Waals surface area contributed by atoms with Gasteiger partial charge in [0.05, 0.1) is 0 Å². The topological polar surface area (TPSA) is 21.7 Å². The predicted octanol–water partition coefficient (Wildman–Crippen LogP) is 3.51. The second-order valence-electron chi connectivity index (χ2n) is 5.13. The van der Waals surface area contributed by atoms with Crippen molar-refractivity contribution in [2.45, 2.75) is 39.5 Å². The summed E-state index contributed by atoms with van der Waals surface area (Å²) in [6, 6.07) is 6.34. The quantitative estimate of drug-likeness (QED) is 0.840. The SMILES string of the molecule is CC.c1cc2c(cc1CCCN1CCCC1)OCCO2. The highest BCUT2D eigenvalue weighted by molar-refractivity contribution is 5.43. The van der Waals surface area contributed by atoms with Crippen LogP contribution in [0.5, 0.6) is 11.5 Å². The van der Waals surface area contributed by atoms with Gasteiger partial charge in [-0.15, -0.1) is 0 Å². The van der Waals surface area contributed by atoms with Crippen molar-refractivity contribution in [3.63, 3.8) is 0 Å². The van der Waals surface area contributed by atoms with Gasteiger partial charge in [-0.05, 0) is 63.0 Å². The summed E-state index contributed by atoms with van der Waals surface area (Å²) in [5, 5.41) is 0. The Morgan fingerprint density at radius 3 is 2.45 bits per heavy atom. The van der Waals surface area contributed by atoms with Gasteiger partial charge >= 0.3 is 0 Å². The summed E-state index contributed by atoms with van der Waals surface area (Å²) in [5.41, 5.74) is 1.36. The first-order valence-corrected chi connectivity index (χ1v) is 8.03. The van der Waals surface area contributed by atoms with Gasteiger partial charge in [0.1, 0.15) is 13.2 Å². The second kappa shape index (κ2) is 8.15. The van der Waals surface area contributed by atoms with Crippen LogP contribution in [0.2, 0.25) is 0 Å². The molecule has 1 aromatic rings. The summed E-state index contributed by atoms with van der Waals surface area (Å²) >= 11 is 0. The van der Waals surface area contributed by atoms with E-state index in [1.165, 1.54) is 44.5 Å². The van der Waals surface area contributed by atoms with Crippen LogP contribution < -0.4 is 9.47 Å². The van der Waals surface area contributed by atoms with Crippen LogP contribution in [-0.2, 0) is 6.42 Å². The van der Waals surface area contributed by atoms with Crippen molar-refractivity contribution in [3.8, 4) is 11.5 Å². The smallest absolute Gasteiger partial charge is 0.161 e. The zero-order chi connectivity index (χ0) is 14.2. The van der Waals surface area contributed by atoms with Crippen LogP contribution in [0.25, 0.3) is 0 Å². The first-order chi connectivity index (χ1) is 9.92. The molecule has 0 spiro atoms. The molecule has 2 aliphatic rings. The van der Waals surface area contributed by atoms with Crippen LogP contribution in [-0.4, -0.2) is 37.7 Å². The lowest BCUT2D eigenvalue weighted by atomic mass is 10.1. The molecule has 0 amide bonds. The van der Waals surface area contributed by atoms with Gasteiger partial charge in [0, 0.05) is 0 Å². The molecule has 0 N–H and O–H groups in total. The molecule has 0 unspecified atom stereocenters. The molecule has 0 saturated carbocycles. The first kappa shape index (κ1) is 15.2. The lowest BCUT2D eigenvalue weighted by Crippen LogP contribution is -2.20. The lowest BCUT2D eigenvalue weighted by molar-refractivity contribution is 0.171. The van der Waals surface area contributed by atoms with Gasteiger partial charge in [-0.1, -0.05) is 19.9 Å². The molecule has 0 aliphatic carbocycles. The van der Waals surface area contributed by atoms with Gasteiger partial charge in [0.25, 0.3) is 0 Å². The zero-order valence-electron chi connectivity index (χ0n) is 12.9. The molecule has 2 aliphatic heterocycles. The molecule has 1 aromatic carbocycles. The van der Waals surface area contributed by atoms with Gasteiger partial charge in [-0.2, -0.15) is 0 Å². The molecule has 3 heteroatoms. The van der Waals surface area contributed by atoms with Crippen LogP contribution in [0, 0.1) is 0 Å². The van der Waals surface area contributed by atoms with Crippen molar-refractivity contribution < 1.29 is 9.47 Å². The number of likely N-dealkylation sites (tertiary alicyclic amines) is 1. The number of aryl methyl sites for hydroxylation is 1. The molecule has 20 heavy (non-hydrogen) atoms. The third kappa shape index (κ3) is 4.14. The van der Waals surface area contributed by atoms with Gasteiger partial charge in [0.15, 0.2) is 11.5 Å². The molecular weight excluding hydrogens is 250 g/mol. The summed E-state index contributed by atoms with van der Waals surface area (Å²) in [6.07, 6.45) is 5.13. The second-order valence-corrected chi connectivity index (χ2v) is 5.13. The van der Waals surface area contributed by atoms with E-state index in [1.807, 2.05) is 19.9 Å². The largest absolute Gasteiger partial charge is 0.486 e. The molecule has 0 radical (unpaired) electrons. The molecule has 0 bridgehead atoms. The highest BCUT2D eigenvalue weighted by Crippen LogP contribution is 2.31. The van der Waals surface area contributed by atoms with Crippen molar-refractivity contribution in [3.05, 3.63) is 23.8 Å². The van der Waals surface area contributed by atoms with E-state index in [2.05, 4.69) is 17.0 Å². The Morgan fingerprint density at radius 1 is 1.00 bits per heavy atom. The third-order valence-electron chi connectivity index (χ3n) is 3.75. The van der Waals surface area contributed by atoms with Gasteiger partial charge < -0.3 is 14.4 Å². The molecule has 3 nitrogen and oxygen atoms in total. The maximum absolute atomic E-state index is 5.61. The van der Waals surface area contributed by atoms with Crippen LogP contribution in [0.1, 0.15) is 38.7 Å². The lowest BCUT2D eigenvalue weighted by Gasteiger charge is -2.19. The Morgan fingerprint density at radius 2 is 1.70 bits per heavy atom. The van der Waals surface area contributed by atoms with Crippen molar-refractivity contribution in [1.29, 1.82) is 0 Å². The van der Waals surface area contributed by atoms with Crippen LogP contribution >= 0.6 is 0 Å². The number of fused-ring (bicyclic) bond motifs is 1. The fourth-order valence-corrected chi connectivity index (χ4v) is 2.76. The monoisotopic (exact) mass is 277 g/mol. The summed E-state index contributed by atoms with van der Waals surface area (Å²) in [7, 11) is 0. The number of benzene rings is 1. The standard InChI is InChI=1S/C15H21NO2.C2H6/c1-2-8-16(7-1)9-3-4-13-5-6-14-15(12-13)18-11-10-17-14;1-2/h5-6,12H,1-4,7-11H2;1-2H3. The average molecular weight is 277 g/mol. The van der Waals surface area contributed by atoms with Crippen LogP contribution in [0.15, 0.2) is 18.2 Å². The van der Waals surface area contributed by atoms with Gasteiger partial charge in [-0.25, -0.2) is 0 Å². The van der Waals surface area contributed by atoms with Crippen LogP contribution in [0.3, 0.4) is 0 Å². The minimum absolute atomic E-state index is 0.668. The fourth-order valence-electron chi connectivity index (χ4n) is 2.76. The van der Waals surface area contributed by atoms with E-state index < -0.39 is 0 Å². The highest BCUT2D eigenvalue weighted by atomic mass is 16.6. The molecule has 112 valence electrons. The number of hydrogen-bond donors (Lipinski definition) is 0. The van der Waals surface area contributed by atoms with Crippen LogP contribution in [0.4, 0.5) is 0 Å². The Kier molecular flexibility index (Phi) is 6.19. The number of rotatable bonds is 4. The number of hydrogen-bond acceptors (Lipinski definition) is 3. The number of nitrogens with zero attached hydrogens (tertiary/aromatic N) is 1. The van der Waals surface area contributed by atoms with E-state index in [0.717, 1.165) is 17.9 Å². The number of ether oxygens (including phenoxy) is 2. The van der Waals surface area contributed by atoms with E-state index in [-0.39, 0.29) is 0 Å². The minimum Gasteiger partial charge on any atom is -0.486 e. The summed E-state index contributed by atoms with van der Waals surface area (Å²) in [6.45, 7) is 9.16. The molecule has 0 aromatic heterocycles. The Labute approximate surface area is 122 Å². The van der Waals surface area contributed by atoms with Crippen molar-refractivity contribution in [2.24, 2.45) is 0 Å². The van der Waals surface area contributed by atoms with E-state index in [4.69, 9.17) is 9.47 Å². The summed E-state index contributed by atoms with van der Waals surface area (Å²) in [4.78, 5) is 2.57. The van der Waals surface area contributed by atoms with E-state index in [1.54, 1.807) is 0 Å². The maximum atomic E-state index is 5.61. The van der Waals surface area contributed by atoms with E-state index in [9.17, 15) is 0 Å². The maximum Gasteiger partial charge on any atom is 0.161 e. The zero-order valence-corrected chi connectivity index (χ0v) is 12.9. The van der Waals surface area contributed by atoms with E-state index >= 15 is 0 Å². The predicted molar refractivity (Wildman–Crippen MR) is 82.8 cm³/mol. The van der Waals surface area contributed by atoms with Crippen molar-refractivity contribution in [1.82, 2.24) is 4.90 Å². The van der Waals surface area contributed by atoms with Crippen molar-refractivity contribution in [2.75, 3.05) is 32.8 Å². The molecule has 1 fully saturated rings. The Balaban J connectivity index is 0.000000704.